The molecule has 0 radical (unpaired) electrons. The number of benzene rings is 2. The summed E-state index contributed by atoms with van der Waals surface area (Å²) in [7, 11) is 0. The maximum atomic E-state index is 12.1. The summed E-state index contributed by atoms with van der Waals surface area (Å²) >= 11 is 0. The topological polar surface area (TPSA) is 26.3 Å². The van der Waals surface area contributed by atoms with Gasteiger partial charge in [-0.3, -0.25) is 4.79 Å². The Morgan fingerprint density at radius 3 is 2.53 bits per heavy atom. The fourth-order valence-corrected chi connectivity index (χ4v) is 2.35. The summed E-state index contributed by atoms with van der Waals surface area (Å²) in [5, 5.41) is 0. The van der Waals surface area contributed by atoms with E-state index in [0.29, 0.717) is 13.0 Å². The molecule has 96 valence electrons. The zero-order valence-corrected chi connectivity index (χ0v) is 11.0. The van der Waals surface area contributed by atoms with Crippen molar-refractivity contribution < 1.29 is 9.53 Å². The van der Waals surface area contributed by atoms with Crippen molar-refractivity contribution in [1.29, 1.82) is 0 Å². The van der Waals surface area contributed by atoms with Gasteiger partial charge in [0, 0.05) is 6.42 Å². The second kappa shape index (κ2) is 4.88. The van der Waals surface area contributed by atoms with Crippen LogP contribution < -0.4 is 4.74 Å². The van der Waals surface area contributed by atoms with Crippen LogP contribution in [0, 0.1) is 6.92 Å². The lowest BCUT2D eigenvalue weighted by molar-refractivity contribution is 0.0983. The van der Waals surface area contributed by atoms with Crippen LogP contribution in [0.25, 0.3) is 11.1 Å². The summed E-state index contributed by atoms with van der Waals surface area (Å²) in [5.74, 6) is 0.903. The Morgan fingerprint density at radius 2 is 1.74 bits per heavy atom. The van der Waals surface area contributed by atoms with Crippen LogP contribution in [0.4, 0.5) is 0 Å². The van der Waals surface area contributed by atoms with E-state index in [9.17, 15) is 4.79 Å². The molecule has 2 heteroatoms. The monoisotopic (exact) mass is 252 g/mol. The molecule has 0 saturated carbocycles. The first-order valence-corrected chi connectivity index (χ1v) is 6.61. The van der Waals surface area contributed by atoms with E-state index in [2.05, 4.69) is 31.2 Å². The van der Waals surface area contributed by atoms with E-state index < -0.39 is 0 Å². The Balaban J connectivity index is 2.05. The average molecular weight is 252 g/mol. The van der Waals surface area contributed by atoms with Crippen molar-refractivity contribution >= 4 is 5.78 Å². The summed E-state index contributed by atoms with van der Waals surface area (Å²) in [6.07, 6.45) is 1.37. The van der Waals surface area contributed by atoms with Gasteiger partial charge in [0.15, 0.2) is 5.78 Å². The molecule has 19 heavy (non-hydrogen) atoms. The minimum absolute atomic E-state index is 0.182. The molecule has 1 aliphatic rings. The zero-order valence-electron chi connectivity index (χ0n) is 11.0. The second-order valence-corrected chi connectivity index (χ2v) is 4.95. The van der Waals surface area contributed by atoms with Crippen molar-refractivity contribution in [2.75, 3.05) is 6.61 Å². The molecule has 2 aromatic carbocycles. The Kier molecular flexibility index (Phi) is 3.08. The lowest BCUT2D eigenvalue weighted by Crippen LogP contribution is -1.98. The summed E-state index contributed by atoms with van der Waals surface area (Å²) in [6, 6.07) is 14.2. The van der Waals surface area contributed by atoms with Gasteiger partial charge in [-0.2, -0.15) is 0 Å². The molecular formula is C17H16O2. The third-order valence-corrected chi connectivity index (χ3v) is 3.47. The predicted octanol–water partition coefficient (Wildman–Crippen LogP) is 4.02. The molecule has 2 aromatic rings. The van der Waals surface area contributed by atoms with Gasteiger partial charge >= 0.3 is 0 Å². The lowest BCUT2D eigenvalue weighted by Gasteiger charge is -2.09. The van der Waals surface area contributed by atoms with Crippen LogP contribution in [0.3, 0.4) is 0 Å². The minimum Gasteiger partial charge on any atom is -0.493 e. The highest BCUT2D eigenvalue weighted by molar-refractivity contribution is 6.00. The van der Waals surface area contributed by atoms with Crippen LogP contribution in [0.1, 0.15) is 28.8 Å². The van der Waals surface area contributed by atoms with E-state index >= 15 is 0 Å². The number of hydrogen-bond donors (Lipinski definition) is 0. The number of rotatable bonds is 1. The molecule has 0 fully saturated rings. The third-order valence-electron chi connectivity index (χ3n) is 3.47. The van der Waals surface area contributed by atoms with Gasteiger partial charge in [-0.25, -0.2) is 0 Å². The largest absolute Gasteiger partial charge is 0.493 e. The van der Waals surface area contributed by atoms with Gasteiger partial charge in [0.1, 0.15) is 5.75 Å². The maximum absolute atomic E-state index is 12.1. The van der Waals surface area contributed by atoms with E-state index in [0.717, 1.165) is 28.9 Å². The molecule has 0 atom stereocenters. The molecule has 0 unspecified atom stereocenters. The Labute approximate surface area is 113 Å². The third kappa shape index (κ3) is 2.39. The van der Waals surface area contributed by atoms with E-state index in [1.54, 1.807) is 0 Å². The quantitative estimate of drug-likeness (QED) is 0.766. The van der Waals surface area contributed by atoms with Crippen LogP contribution in [0.2, 0.25) is 0 Å². The van der Waals surface area contributed by atoms with Gasteiger partial charge in [-0.05, 0) is 36.6 Å². The molecule has 0 aromatic heterocycles. The Morgan fingerprint density at radius 1 is 1.00 bits per heavy atom. The number of carbonyl (C=O) groups is 1. The standard InChI is InChI=1S/C17H16O2/c1-12-4-6-13(7-5-12)14-8-9-17-15(11-14)16(18)3-2-10-19-17/h4-9,11H,2-3,10H2,1H3. The number of carbonyl (C=O) groups excluding carboxylic acids is 1. The maximum Gasteiger partial charge on any atom is 0.166 e. The van der Waals surface area contributed by atoms with Gasteiger partial charge in [0.05, 0.1) is 12.2 Å². The van der Waals surface area contributed by atoms with Crippen LogP contribution >= 0.6 is 0 Å². The fraction of sp³-hybridized carbons (Fsp3) is 0.235. The zero-order chi connectivity index (χ0) is 13.2. The number of fused-ring (bicyclic) bond motifs is 1. The number of ketones is 1. The highest BCUT2D eigenvalue weighted by Gasteiger charge is 2.17. The lowest BCUT2D eigenvalue weighted by atomic mass is 9.99. The molecule has 3 rings (SSSR count). The van der Waals surface area contributed by atoms with Gasteiger partial charge in [0.2, 0.25) is 0 Å². The highest BCUT2D eigenvalue weighted by Crippen LogP contribution is 2.29. The van der Waals surface area contributed by atoms with E-state index in [1.165, 1.54) is 5.56 Å². The van der Waals surface area contributed by atoms with Crippen LogP contribution in [-0.2, 0) is 0 Å². The minimum atomic E-state index is 0.182. The van der Waals surface area contributed by atoms with Crippen molar-refractivity contribution in [3.05, 3.63) is 53.6 Å². The van der Waals surface area contributed by atoms with E-state index in [1.807, 2.05) is 18.2 Å². The fourth-order valence-electron chi connectivity index (χ4n) is 2.35. The summed E-state index contributed by atoms with van der Waals surface area (Å²) in [4.78, 5) is 12.1. The smallest absolute Gasteiger partial charge is 0.166 e. The number of aryl methyl sites for hydroxylation is 1. The first-order chi connectivity index (χ1) is 9.24. The predicted molar refractivity (Wildman–Crippen MR) is 75.7 cm³/mol. The van der Waals surface area contributed by atoms with Crippen LogP contribution in [0.15, 0.2) is 42.5 Å². The van der Waals surface area contributed by atoms with Crippen LogP contribution in [-0.4, -0.2) is 12.4 Å². The normalized spacial score (nSPS) is 14.5. The summed E-state index contributed by atoms with van der Waals surface area (Å²) in [5.41, 5.74) is 4.15. The highest BCUT2D eigenvalue weighted by atomic mass is 16.5. The van der Waals surface area contributed by atoms with E-state index in [4.69, 9.17) is 4.74 Å². The molecule has 0 N–H and O–H groups in total. The molecule has 0 aliphatic carbocycles. The summed E-state index contributed by atoms with van der Waals surface area (Å²) in [6.45, 7) is 2.70. The van der Waals surface area contributed by atoms with Crippen molar-refractivity contribution in [1.82, 2.24) is 0 Å². The van der Waals surface area contributed by atoms with Gasteiger partial charge in [0.25, 0.3) is 0 Å². The van der Waals surface area contributed by atoms with Crippen molar-refractivity contribution in [2.45, 2.75) is 19.8 Å². The molecule has 1 aliphatic heterocycles. The summed E-state index contributed by atoms with van der Waals surface area (Å²) < 4.78 is 5.61. The Bertz CT molecular complexity index is 612. The number of ether oxygens (including phenoxy) is 1. The molecular weight excluding hydrogens is 236 g/mol. The van der Waals surface area contributed by atoms with Crippen molar-refractivity contribution in [3.63, 3.8) is 0 Å². The van der Waals surface area contributed by atoms with Crippen molar-refractivity contribution in [3.8, 4) is 16.9 Å². The Hall–Kier alpha value is -2.09. The number of hydrogen-bond acceptors (Lipinski definition) is 2. The molecule has 0 amide bonds. The average Bonchev–Trinajstić information content (AvgIpc) is 2.62. The second-order valence-electron chi connectivity index (χ2n) is 4.95. The molecule has 0 bridgehead atoms. The van der Waals surface area contributed by atoms with Gasteiger partial charge in [-0.15, -0.1) is 0 Å². The van der Waals surface area contributed by atoms with Gasteiger partial charge in [-0.1, -0.05) is 35.9 Å². The molecule has 0 spiro atoms. The first-order valence-electron chi connectivity index (χ1n) is 6.61. The van der Waals surface area contributed by atoms with E-state index in [-0.39, 0.29) is 5.78 Å². The number of Topliss-reactive ketones (excluding diaryl/α,β-unsaturated/α-hetero) is 1. The molecule has 0 saturated heterocycles. The van der Waals surface area contributed by atoms with Crippen molar-refractivity contribution in [2.24, 2.45) is 0 Å². The van der Waals surface area contributed by atoms with Crippen LogP contribution in [0.5, 0.6) is 5.75 Å². The molecule has 2 nitrogen and oxygen atoms in total. The first kappa shape index (κ1) is 12.0. The SMILES string of the molecule is Cc1ccc(-c2ccc3c(c2)C(=O)CCCO3)cc1. The molecule has 1 heterocycles. The van der Waals surface area contributed by atoms with Gasteiger partial charge < -0.3 is 4.74 Å².